The second-order valence-electron chi connectivity index (χ2n) is 10.3. The quantitative estimate of drug-likeness (QED) is 0.609. The van der Waals surface area contributed by atoms with Crippen LogP contribution in [0.4, 0.5) is 0 Å². The maximum atomic E-state index is 13.8. The number of fused-ring (bicyclic) bond motifs is 1. The molecule has 1 aliphatic heterocycles. The monoisotopic (exact) mass is 497 g/mol. The van der Waals surface area contributed by atoms with Gasteiger partial charge in [-0.2, -0.15) is 0 Å². The van der Waals surface area contributed by atoms with Gasteiger partial charge in [0.1, 0.15) is 17.0 Å². The Morgan fingerprint density at radius 1 is 1.06 bits per heavy atom. The minimum atomic E-state index is -1.11. The van der Waals surface area contributed by atoms with Crippen molar-refractivity contribution in [1.29, 1.82) is 0 Å². The third kappa shape index (κ3) is 4.68. The lowest BCUT2D eigenvalue weighted by Gasteiger charge is -2.44. The van der Waals surface area contributed by atoms with Crippen molar-refractivity contribution >= 4 is 28.6 Å². The number of aryl methyl sites for hydroxylation is 1. The topological polar surface area (TPSA) is 110 Å². The zero-order valence-electron chi connectivity index (χ0n) is 21.9. The van der Waals surface area contributed by atoms with Crippen molar-refractivity contribution in [2.24, 2.45) is 24.6 Å². The zero-order chi connectivity index (χ0) is 26.0. The molecule has 2 aliphatic rings. The number of nitrogens with one attached hydrogen (secondary N) is 1. The highest BCUT2D eigenvalue weighted by Crippen LogP contribution is 2.37. The Balaban J connectivity index is 1.49. The molecule has 2 fully saturated rings. The van der Waals surface area contributed by atoms with Gasteiger partial charge in [0, 0.05) is 44.7 Å². The molecular formula is C27H39N5O4. The molecule has 1 saturated heterocycles. The smallest absolute Gasteiger partial charge is 0.270 e. The van der Waals surface area contributed by atoms with Crippen LogP contribution in [0.1, 0.15) is 49.5 Å². The number of benzene rings is 1. The Labute approximate surface area is 212 Å². The van der Waals surface area contributed by atoms with Gasteiger partial charge in [-0.25, -0.2) is 0 Å². The van der Waals surface area contributed by atoms with Gasteiger partial charge in [0.2, 0.25) is 11.8 Å². The van der Waals surface area contributed by atoms with Crippen LogP contribution in [0.2, 0.25) is 0 Å². The van der Waals surface area contributed by atoms with Crippen molar-refractivity contribution in [3.05, 3.63) is 30.0 Å². The van der Waals surface area contributed by atoms with E-state index in [0.29, 0.717) is 31.9 Å². The lowest BCUT2D eigenvalue weighted by atomic mass is 9.69. The highest BCUT2D eigenvalue weighted by molar-refractivity contribution is 5.99. The molecule has 9 heteroatoms. The lowest BCUT2D eigenvalue weighted by Crippen LogP contribution is -2.64. The third-order valence-corrected chi connectivity index (χ3v) is 8.39. The minimum Gasteiger partial charge on any atom is -0.497 e. The van der Waals surface area contributed by atoms with E-state index in [1.807, 2.05) is 40.8 Å². The number of aromatic nitrogens is 1. The molecule has 2 atom stereocenters. The number of hydrogen-bond acceptors (Lipinski definition) is 5. The van der Waals surface area contributed by atoms with Gasteiger partial charge < -0.3 is 30.2 Å². The Bertz CT molecular complexity index is 1130. The average Bonchev–Trinajstić information content (AvgIpc) is 3.24. The molecule has 0 radical (unpaired) electrons. The van der Waals surface area contributed by atoms with Gasteiger partial charge in [-0.15, -0.1) is 0 Å². The highest BCUT2D eigenvalue weighted by Gasteiger charge is 2.49. The third-order valence-electron chi connectivity index (χ3n) is 8.39. The molecule has 0 spiro atoms. The van der Waals surface area contributed by atoms with Crippen LogP contribution >= 0.6 is 0 Å². The summed E-state index contributed by atoms with van der Waals surface area (Å²) in [6.45, 7) is 3.51. The molecule has 3 amide bonds. The molecule has 9 nitrogen and oxygen atoms in total. The summed E-state index contributed by atoms with van der Waals surface area (Å²) in [4.78, 5) is 43.4. The predicted octanol–water partition coefficient (Wildman–Crippen LogP) is 2.13. The number of nitrogens with zero attached hydrogens (tertiary/aromatic N) is 3. The summed E-state index contributed by atoms with van der Waals surface area (Å²) in [5, 5.41) is 4.05. The fourth-order valence-electron chi connectivity index (χ4n) is 5.95. The van der Waals surface area contributed by atoms with Gasteiger partial charge in [-0.3, -0.25) is 14.4 Å². The fraction of sp³-hybridized carbons (Fsp3) is 0.593. The van der Waals surface area contributed by atoms with E-state index in [1.165, 1.54) is 0 Å². The van der Waals surface area contributed by atoms with E-state index in [0.717, 1.165) is 48.8 Å². The molecule has 1 aromatic carbocycles. The average molecular weight is 498 g/mol. The fourth-order valence-corrected chi connectivity index (χ4v) is 5.95. The Morgan fingerprint density at radius 3 is 2.28 bits per heavy atom. The van der Waals surface area contributed by atoms with E-state index in [4.69, 9.17) is 10.5 Å². The molecule has 1 aromatic heterocycles. The maximum absolute atomic E-state index is 13.8. The number of primary amides is 1. The zero-order valence-corrected chi connectivity index (χ0v) is 21.9. The van der Waals surface area contributed by atoms with E-state index >= 15 is 0 Å². The SMILES string of the molecule is CNC(C)(C(N)=O)[C@@H](C(=O)N1CCN(C(=O)c2cc3ccc(OC)cc3n2C)CC1)C1CCCCC1. The number of methoxy groups -OCH3 is 1. The molecule has 1 unspecified atom stereocenters. The number of piperazine rings is 1. The molecule has 0 bridgehead atoms. The first kappa shape index (κ1) is 26.0. The first-order chi connectivity index (χ1) is 17.2. The summed E-state index contributed by atoms with van der Waals surface area (Å²) in [6.07, 6.45) is 5.13. The van der Waals surface area contributed by atoms with Crippen molar-refractivity contribution in [1.82, 2.24) is 19.7 Å². The molecule has 1 saturated carbocycles. The van der Waals surface area contributed by atoms with E-state index in [2.05, 4.69) is 5.32 Å². The standard InChI is InChI=1S/C27H39N5O4/c1-27(29-2,26(28)35)23(18-8-6-5-7-9-18)25(34)32-14-12-31(13-15-32)24(33)22-16-19-10-11-20(36-4)17-21(19)30(22)3/h10-11,16-18,23,29H,5-9,12-15H2,1-4H3,(H2,28,35)/t23-,27?/m1/s1. The van der Waals surface area contributed by atoms with Crippen LogP contribution < -0.4 is 15.8 Å². The van der Waals surface area contributed by atoms with Crippen LogP contribution in [0.25, 0.3) is 10.9 Å². The first-order valence-electron chi connectivity index (χ1n) is 12.9. The summed E-state index contributed by atoms with van der Waals surface area (Å²) >= 11 is 0. The molecule has 36 heavy (non-hydrogen) atoms. The van der Waals surface area contributed by atoms with Crippen molar-refractivity contribution in [3.63, 3.8) is 0 Å². The van der Waals surface area contributed by atoms with Crippen LogP contribution in [0.5, 0.6) is 5.75 Å². The van der Waals surface area contributed by atoms with Crippen LogP contribution in [0.3, 0.4) is 0 Å². The number of rotatable bonds is 7. The van der Waals surface area contributed by atoms with Gasteiger partial charge in [0.15, 0.2) is 0 Å². The molecular weight excluding hydrogens is 458 g/mol. The van der Waals surface area contributed by atoms with Crippen molar-refractivity contribution in [2.45, 2.75) is 44.6 Å². The first-order valence-corrected chi connectivity index (χ1v) is 12.9. The van der Waals surface area contributed by atoms with Crippen molar-refractivity contribution in [3.8, 4) is 5.75 Å². The number of carbonyl (C=O) groups is 3. The van der Waals surface area contributed by atoms with Gasteiger partial charge in [0.25, 0.3) is 5.91 Å². The Morgan fingerprint density at radius 2 is 1.69 bits per heavy atom. The van der Waals surface area contributed by atoms with Crippen molar-refractivity contribution < 1.29 is 19.1 Å². The summed E-state index contributed by atoms with van der Waals surface area (Å²) in [6, 6.07) is 7.66. The summed E-state index contributed by atoms with van der Waals surface area (Å²) in [5.74, 6) is -0.261. The number of likely N-dealkylation sites (N-methyl/N-ethyl adjacent to an activating group) is 1. The maximum Gasteiger partial charge on any atom is 0.270 e. The van der Waals surface area contributed by atoms with Crippen LogP contribution in [-0.2, 0) is 16.6 Å². The van der Waals surface area contributed by atoms with Crippen LogP contribution in [-0.4, -0.2) is 78.0 Å². The summed E-state index contributed by atoms with van der Waals surface area (Å²) < 4.78 is 7.22. The Kier molecular flexibility index (Phi) is 7.59. The molecule has 2 heterocycles. The molecule has 4 rings (SSSR count). The highest BCUT2D eigenvalue weighted by atomic mass is 16.5. The van der Waals surface area contributed by atoms with Crippen LogP contribution in [0.15, 0.2) is 24.3 Å². The summed E-state index contributed by atoms with van der Waals surface area (Å²) in [5.41, 5.74) is 6.23. The minimum absolute atomic E-state index is 0.0404. The van der Waals surface area contributed by atoms with Crippen LogP contribution in [0, 0.1) is 11.8 Å². The molecule has 196 valence electrons. The van der Waals surface area contributed by atoms with E-state index in [1.54, 1.807) is 26.0 Å². The normalized spacial score (nSPS) is 19.7. The number of nitrogens with two attached hydrogens (primary N) is 1. The molecule has 1 aliphatic carbocycles. The second-order valence-corrected chi connectivity index (χ2v) is 10.3. The number of amides is 3. The Hall–Kier alpha value is -3.07. The van der Waals surface area contributed by atoms with E-state index < -0.39 is 17.4 Å². The lowest BCUT2D eigenvalue weighted by molar-refractivity contribution is -0.147. The van der Waals surface area contributed by atoms with Gasteiger partial charge in [-0.1, -0.05) is 19.3 Å². The number of carbonyl (C=O) groups excluding carboxylic acids is 3. The molecule has 3 N–H and O–H groups in total. The van der Waals surface area contributed by atoms with E-state index in [9.17, 15) is 14.4 Å². The number of hydrogen-bond donors (Lipinski definition) is 2. The number of ether oxygens (including phenoxy) is 1. The van der Waals surface area contributed by atoms with Crippen molar-refractivity contribution in [2.75, 3.05) is 40.3 Å². The van der Waals surface area contributed by atoms with E-state index in [-0.39, 0.29) is 17.7 Å². The molecule has 2 aromatic rings. The van der Waals surface area contributed by atoms with Gasteiger partial charge in [-0.05, 0) is 50.9 Å². The van der Waals surface area contributed by atoms with Gasteiger partial charge >= 0.3 is 0 Å². The summed E-state index contributed by atoms with van der Waals surface area (Å²) in [7, 11) is 5.20. The van der Waals surface area contributed by atoms with Gasteiger partial charge in [0.05, 0.1) is 18.5 Å². The largest absolute Gasteiger partial charge is 0.497 e. The second kappa shape index (κ2) is 10.5. The predicted molar refractivity (Wildman–Crippen MR) is 139 cm³/mol.